The van der Waals surface area contributed by atoms with Crippen LogP contribution in [0.4, 0.5) is 9.59 Å². The number of ether oxygens (including phenoxy) is 1. The summed E-state index contributed by atoms with van der Waals surface area (Å²) in [5, 5.41) is 18.6. The van der Waals surface area contributed by atoms with E-state index in [1.54, 1.807) is 0 Å². The highest BCUT2D eigenvalue weighted by molar-refractivity contribution is 5.68. The van der Waals surface area contributed by atoms with Gasteiger partial charge in [0.15, 0.2) is 5.82 Å². The number of carboxylic acid groups (broad SMARTS) is 1. The lowest BCUT2D eigenvalue weighted by molar-refractivity contribution is 0.126. The maximum absolute atomic E-state index is 12.4. The number of hydrogen-bond acceptors (Lipinski definition) is 6. The highest BCUT2D eigenvalue weighted by Crippen LogP contribution is 2.34. The molecule has 1 aliphatic rings. The second kappa shape index (κ2) is 9.15. The Morgan fingerprint density at radius 1 is 1.20 bits per heavy atom. The number of rotatable bonds is 5. The largest absolute Gasteiger partial charge is 0.465 e. The standard InChI is InChI=1S/C21H28N4O5/c1-21(2,3)18-24-17(30-25-18)15-11-14(22-19(26)27)9-10-16(15)23-20(28)29-12-13-7-5-4-6-8-13/h4-8,14-16,22H,9-12H2,1-3H3,(H,23,28)(H,26,27)/t14-,15-,16+/m1/s1. The van der Waals surface area contributed by atoms with Crippen LogP contribution in [0, 0.1) is 0 Å². The van der Waals surface area contributed by atoms with E-state index < -0.39 is 12.2 Å². The zero-order valence-electron chi connectivity index (χ0n) is 17.4. The van der Waals surface area contributed by atoms with Crippen molar-refractivity contribution in [1.29, 1.82) is 0 Å². The molecule has 2 aromatic rings. The third-order valence-electron chi connectivity index (χ3n) is 5.12. The van der Waals surface area contributed by atoms with E-state index in [0.29, 0.717) is 31.0 Å². The molecule has 1 aliphatic carbocycles. The van der Waals surface area contributed by atoms with E-state index in [4.69, 9.17) is 14.4 Å². The van der Waals surface area contributed by atoms with E-state index in [9.17, 15) is 9.59 Å². The van der Waals surface area contributed by atoms with Crippen LogP contribution in [0.1, 0.15) is 63.2 Å². The van der Waals surface area contributed by atoms with Gasteiger partial charge in [0.25, 0.3) is 0 Å². The number of nitrogens with one attached hydrogen (secondary N) is 2. The normalized spacial score (nSPS) is 21.6. The molecular formula is C21H28N4O5. The topological polar surface area (TPSA) is 127 Å². The summed E-state index contributed by atoms with van der Waals surface area (Å²) < 4.78 is 10.8. The minimum absolute atomic E-state index is 0.169. The van der Waals surface area contributed by atoms with Gasteiger partial charge in [-0.2, -0.15) is 4.98 Å². The van der Waals surface area contributed by atoms with Gasteiger partial charge in [-0.25, -0.2) is 9.59 Å². The van der Waals surface area contributed by atoms with Crippen molar-refractivity contribution in [2.24, 2.45) is 0 Å². The highest BCUT2D eigenvalue weighted by Gasteiger charge is 2.37. The Bertz CT molecular complexity index is 862. The highest BCUT2D eigenvalue weighted by atomic mass is 16.5. The fourth-order valence-corrected chi connectivity index (χ4v) is 3.53. The third-order valence-corrected chi connectivity index (χ3v) is 5.12. The van der Waals surface area contributed by atoms with Crippen LogP contribution in [0.25, 0.3) is 0 Å². The average Bonchev–Trinajstić information content (AvgIpc) is 3.18. The fourth-order valence-electron chi connectivity index (χ4n) is 3.53. The van der Waals surface area contributed by atoms with Crippen molar-refractivity contribution in [1.82, 2.24) is 20.8 Å². The number of amides is 2. The first kappa shape index (κ1) is 21.6. The summed E-state index contributed by atoms with van der Waals surface area (Å²) in [6.45, 7) is 6.11. The van der Waals surface area contributed by atoms with E-state index in [0.717, 1.165) is 5.56 Å². The van der Waals surface area contributed by atoms with Crippen molar-refractivity contribution in [3.05, 3.63) is 47.6 Å². The molecule has 9 heteroatoms. The van der Waals surface area contributed by atoms with E-state index in [1.165, 1.54) is 0 Å². The number of carbonyl (C=O) groups is 2. The van der Waals surface area contributed by atoms with Crippen molar-refractivity contribution < 1.29 is 24.0 Å². The van der Waals surface area contributed by atoms with Crippen LogP contribution >= 0.6 is 0 Å². The predicted octanol–water partition coefficient (Wildman–Crippen LogP) is 3.57. The molecule has 1 aromatic heterocycles. The van der Waals surface area contributed by atoms with Crippen LogP contribution in [-0.4, -0.2) is 39.5 Å². The molecule has 0 aliphatic heterocycles. The van der Waals surface area contributed by atoms with Crippen molar-refractivity contribution in [3.8, 4) is 0 Å². The average molecular weight is 416 g/mol. The van der Waals surface area contributed by atoms with Crippen LogP contribution in [0.5, 0.6) is 0 Å². The molecule has 1 saturated carbocycles. The summed E-state index contributed by atoms with van der Waals surface area (Å²) in [5.41, 5.74) is 0.609. The summed E-state index contributed by atoms with van der Waals surface area (Å²) >= 11 is 0. The second-order valence-electron chi connectivity index (χ2n) is 8.58. The van der Waals surface area contributed by atoms with E-state index in [1.807, 2.05) is 51.1 Å². The predicted molar refractivity (Wildman–Crippen MR) is 108 cm³/mol. The Balaban J connectivity index is 1.69. The van der Waals surface area contributed by atoms with Crippen LogP contribution in [0.2, 0.25) is 0 Å². The lowest BCUT2D eigenvalue weighted by Crippen LogP contribution is -2.47. The quantitative estimate of drug-likeness (QED) is 0.680. The van der Waals surface area contributed by atoms with Gasteiger partial charge in [0, 0.05) is 17.5 Å². The molecule has 3 N–H and O–H groups in total. The molecule has 0 radical (unpaired) electrons. The molecule has 1 aromatic carbocycles. The first-order chi connectivity index (χ1) is 14.2. The van der Waals surface area contributed by atoms with Gasteiger partial charge in [0.05, 0.1) is 5.92 Å². The molecular weight excluding hydrogens is 388 g/mol. The minimum atomic E-state index is -1.08. The molecule has 0 unspecified atom stereocenters. The molecule has 2 amide bonds. The van der Waals surface area contributed by atoms with Gasteiger partial charge in [-0.3, -0.25) is 0 Å². The van der Waals surface area contributed by atoms with E-state index in [-0.39, 0.29) is 30.0 Å². The Labute approximate surface area is 175 Å². The van der Waals surface area contributed by atoms with Crippen LogP contribution in [0.3, 0.4) is 0 Å². The van der Waals surface area contributed by atoms with Gasteiger partial charge in [-0.15, -0.1) is 0 Å². The summed E-state index contributed by atoms with van der Waals surface area (Å²) in [6, 6.07) is 8.87. The Morgan fingerprint density at radius 3 is 2.57 bits per heavy atom. The molecule has 30 heavy (non-hydrogen) atoms. The summed E-state index contributed by atoms with van der Waals surface area (Å²) in [6.07, 6.45) is -0.0140. The lowest BCUT2D eigenvalue weighted by Gasteiger charge is -2.34. The summed E-state index contributed by atoms with van der Waals surface area (Å²) in [7, 11) is 0. The monoisotopic (exact) mass is 416 g/mol. The number of aromatic nitrogens is 2. The van der Waals surface area contributed by atoms with Crippen molar-refractivity contribution in [3.63, 3.8) is 0 Å². The molecule has 0 spiro atoms. The van der Waals surface area contributed by atoms with E-state index in [2.05, 4.69) is 20.8 Å². The first-order valence-electron chi connectivity index (χ1n) is 10.0. The summed E-state index contributed by atoms with van der Waals surface area (Å²) in [5.74, 6) is 0.643. The fraction of sp³-hybridized carbons (Fsp3) is 0.524. The van der Waals surface area contributed by atoms with Crippen molar-refractivity contribution in [2.45, 2.75) is 70.1 Å². The minimum Gasteiger partial charge on any atom is -0.465 e. The zero-order valence-corrected chi connectivity index (χ0v) is 17.4. The Morgan fingerprint density at radius 2 is 1.93 bits per heavy atom. The van der Waals surface area contributed by atoms with Gasteiger partial charge in [0.1, 0.15) is 6.61 Å². The first-order valence-corrected chi connectivity index (χ1v) is 10.0. The molecule has 9 nitrogen and oxygen atoms in total. The van der Waals surface area contributed by atoms with Crippen LogP contribution in [-0.2, 0) is 16.8 Å². The van der Waals surface area contributed by atoms with Gasteiger partial charge in [0.2, 0.25) is 5.89 Å². The van der Waals surface area contributed by atoms with Gasteiger partial charge < -0.3 is 25.0 Å². The number of carbonyl (C=O) groups excluding carboxylic acids is 1. The smallest absolute Gasteiger partial charge is 0.407 e. The van der Waals surface area contributed by atoms with Gasteiger partial charge >= 0.3 is 12.2 Å². The zero-order chi connectivity index (χ0) is 21.7. The second-order valence-corrected chi connectivity index (χ2v) is 8.58. The molecule has 0 bridgehead atoms. The van der Waals surface area contributed by atoms with Crippen molar-refractivity contribution >= 4 is 12.2 Å². The lowest BCUT2D eigenvalue weighted by atomic mass is 9.81. The maximum atomic E-state index is 12.4. The summed E-state index contributed by atoms with van der Waals surface area (Å²) in [4.78, 5) is 28.0. The number of nitrogens with zero attached hydrogens (tertiary/aromatic N) is 2. The SMILES string of the molecule is CC(C)(C)c1noc([C@@H]2C[C@H](NC(=O)O)CC[C@@H]2NC(=O)OCc2ccccc2)n1. The molecule has 3 atom stereocenters. The van der Waals surface area contributed by atoms with Crippen LogP contribution in [0.15, 0.2) is 34.9 Å². The number of alkyl carbamates (subject to hydrolysis) is 1. The third kappa shape index (κ3) is 5.71. The Kier molecular flexibility index (Phi) is 6.59. The number of benzene rings is 1. The molecule has 162 valence electrons. The molecule has 3 rings (SSSR count). The number of hydrogen-bond donors (Lipinski definition) is 3. The maximum Gasteiger partial charge on any atom is 0.407 e. The van der Waals surface area contributed by atoms with Crippen molar-refractivity contribution in [2.75, 3.05) is 0 Å². The van der Waals surface area contributed by atoms with E-state index >= 15 is 0 Å². The molecule has 1 fully saturated rings. The van der Waals surface area contributed by atoms with Gasteiger partial charge in [-0.05, 0) is 24.8 Å². The molecule has 0 saturated heterocycles. The Hall–Kier alpha value is -3.10. The molecule has 1 heterocycles. The van der Waals surface area contributed by atoms with Gasteiger partial charge in [-0.1, -0.05) is 56.3 Å². The van der Waals surface area contributed by atoms with Crippen LogP contribution < -0.4 is 10.6 Å².